The van der Waals surface area contributed by atoms with Crippen molar-refractivity contribution >= 4 is 11.0 Å². The van der Waals surface area contributed by atoms with Gasteiger partial charge in [-0.3, -0.25) is 0 Å². The summed E-state index contributed by atoms with van der Waals surface area (Å²) in [6.07, 6.45) is 0.494. The summed E-state index contributed by atoms with van der Waals surface area (Å²) in [4.78, 5) is 12.5. The van der Waals surface area contributed by atoms with E-state index >= 15 is 0 Å². The summed E-state index contributed by atoms with van der Waals surface area (Å²) < 4.78 is 11.2. The lowest BCUT2D eigenvalue weighted by Gasteiger charge is -2.14. The highest BCUT2D eigenvalue weighted by atomic mass is 16.5. The molecule has 0 aliphatic rings. The first kappa shape index (κ1) is 21.0. The summed E-state index contributed by atoms with van der Waals surface area (Å²) in [6.45, 7) is 3.19. The molecule has 1 aromatic heterocycles. The van der Waals surface area contributed by atoms with E-state index in [-0.39, 0.29) is 18.8 Å². The van der Waals surface area contributed by atoms with Crippen LogP contribution in [0.2, 0.25) is 0 Å². The topological polar surface area (TPSA) is 91.9 Å². The van der Waals surface area contributed by atoms with Gasteiger partial charge in [0, 0.05) is 36.6 Å². The fraction of sp³-hybridized carbons (Fsp3) is 0.348. The van der Waals surface area contributed by atoms with Gasteiger partial charge in [-0.15, -0.1) is 0 Å². The van der Waals surface area contributed by atoms with Crippen LogP contribution < -0.4 is 15.7 Å². The molecule has 2 aromatic carbocycles. The number of fused-ring (bicyclic) bond motifs is 1. The molecule has 3 rings (SSSR count). The molecule has 0 amide bonds. The fourth-order valence-corrected chi connectivity index (χ4v) is 3.19. The third-order valence-corrected chi connectivity index (χ3v) is 4.82. The molecule has 1 heterocycles. The van der Waals surface area contributed by atoms with E-state index in [4.69, 9.17) is 14.3 Å². The minimum atomic E-state index is -0.675. The van der Waals surface area contributed by atoms with Gasteiger partial charge in [-0.2, -0.15) is 0 Å². The maximum Gasteiger partial charge on any atom is 0.340 e. The fourth-order valence-electron chi connectivity index (χ4n) is 3.19. The molecule has 0 saturated heterocycles. The van der Waals surface area contributed by atoms with E-state index in [0.29, 0.717) is 42.8 Å². The molecule has 3 aromatic rings. The van der Waals surface area contributed by atoms with Crippen molar-refractivity contribution < 1.29 is 19.4 Å². The van der Waals surface area contributed by atoms with E-state index in [1.807, 2.05) is 49.4 Å². The summed E-state index contributed by atoms with van der Waals surface area (Å²) in [5, 5.41) is 22.6. The van der Waals surface area contributed by atoms with E-state index in [2.05, 4.69) is 5.32 Å². The molecule has 6 heteroatoms. The van der Waals surface area contributed by atoms with Crippen LogP contribution >= 0.6 is 0 Å². The minimum Gasteiger partial charge on any atom is -0.491 e. The van der Waals surface area contributed by atoms with Gasteiger partial charge < -0.3 is 24.7 Å². The number of ether oxygens (including phenoxy) is 1. The zero-order chi connectivity index (χ0) is 20.6. The molecule has 154 valence electrons. The predicted octanol–water partition coefficient (Wildman–Crippen LogP) is 2.40. The third-order valence-electron chi connectivity index (χ3n) is 4.82. The average molecular weight is 397 g/mol. The third kappa shape index (κ3) is 5.67. The molecule has 0 radical (unpaired) electrons. The second-order valence-corrected chi connectivity index (χ2v) is 7.06. The van der Waals surface area contributed by atoms with Crippen LogP contribution in [0.3, 0.4) is 0 Å². The van der Waals surface area contributed by atoms with Crippen LogP contribution in [0, 0.1) is 6.92 Å². The highest BCUT2D eigenvalue weighted by Gasteiger charge is 2.13. The standard InChI is InChI=1S/C23H27NO5/c1-16-20-9-8-19(28-15-18(26)14-24-10-5-11-25)13-22(20)29-23(27)21(16)12-17-6-3-2-4-7-17/h2-4,6-9,13,18,24-26H,5,10-12,14-15H2,1H3. The summed E-state index contributed by atoms with van der Waals surface area (Å²) in [5.74, 6) is 0.533. The SMILES string of the molecule is Cc1c(Cc2ccccc2)c(=O)oc2cc(OCC(O)CNCCCO)ccc12. The van der Waals surface area contributed by atoms with Crippen molar-refractivity contribution in [2.45, 2.75) is 25.9 Å². The number of aliphatic hydroxyl groups is 2. The van der Waals surface area contributed by atoms with E-state index in [9.17, 15) is 9.90 Å². The predicted molar refractivity (Wildman–Crippen MR) is 113 cm³/mol. The van der Waals surface area contributed by atoms with Crippen molar-refractivity contribution in [1.29, 1.82) is 0 Å². The normalized spacial score (nSPS) is 12.2. The molecular weight excluding hydrogens is 370 g/mol. The van der Waals surface area contributed by atoms with E-state index in [1.165, 1.54) is 0 Å². The van der Waals surface area contributed by atoms with Crippen LogP contribution in [0.25, 0.3) is 11.0 Å². The molecule has 0 saturated carbocycles. The summed E-state index contributed by atoms with van der Waals surface area (Å²) in [7, 11) is 0. The van der Waals surface area contributed by atoms with Gasteiger partial charge in [0.2, 0.25) is 0 Å². The number of rotatable bonds is 10. The summed E-state index contributed by atoms with van der Waals surface area (Å²) in [6, 6.07) is 15.2. The van der Waals surface area contributed by atoms with Crippen LogP contribution in [0.1, 0.15) is 23.1 Å². The molecule has 1 unspecified atom stereocenters. The van der Waals surface area contributed by atoms with Gasteiger partial charge in [0.15, 0.2) is 0 Å². The van der Waals surface area contributed by atoms with Crippen LogP contribution in [-0.2, 0) is 6.42 Å². The molecule has 0 aliphatic carbocycles. The van der Waals surface area contributed by atoms with Crippen molar-refractivity contribution in [2.75, 3.05) is 26.3 Å². The molecule has 0 bridgehead atoms. The monoisotopic (exact) mass is 397 g/mol. The van der Waals surface area contributed by atoms with Crippen LogP contribution in [0.5, 0.6) is 5.75 Å². The Morgan fingerprint density at radius 2 is 1.97 bits per heavy atom. The zero-order valence-electron chi connectivity index (χ0n) is 16.6. The van der Waals surface area contributed by atoms with Crippen molar-refractivity contribution in [3.63, 3.8) is 0 Å². The first-order valence-corrected chi connectivity index (χ1v) is 9.81. The number of hydrogen-bond acceptors (Lipinski definition) is 6. The quantitative estimate of drug-likeness (QED) is 0.359. The van der Waals surface area contributed by atoms with Crippen molar-refractivity contribution in [2.24, 2.45) is 0 Å². The molecular formula is C23H27NO5. The molecule has 1 atom stereocenters. The van der Waals surface area contributed by atoms with E-state index < -0.39 is 6.10 Å². The van der Waals surface area contributed by atoms with Crippen LogP contribution in [0.15, 0.2) is 57.7 Å². The van der Waals surface area contributed by atoms with E-state index in [1.54, 1.807) is 6.07 Å². The first-order valence-electron chi connectivity index (χ1n) is 9.81. The Labute approximate surface area is 169 Å². The van der Waals surface area contributed by atoms with Crippen molar-refractivity contribution in [3.05, 3.63) is 75.6 Å². The Bertz CT molecular complexity index is 984. The minimum absolute atomic E-state index is 0.118. The van der Waals surface area contributed by atoms with Gasteiger partial charge >= 0.3 is 5.63 Å². The molecule has 3 N–H and O–H groups in total. The maximum absolute atomic E-state index is 12.5. The first-order chi connectivity index (χ1) is 14.1. The van der Waals surface area contributed by atoms with Gasteiger partial charge in [-0.05, 0) is 43.1 Å². The Kier molecular flexibility index (Phi) is 7.41. The number of aliphatic hydroxyl groups excluding tert-OH is 2. The van der Waals surface area contributed by atoms with Gasteiger partial charge in [0.05, 0.1) is 0 Å². The lowest BCUT2D eigenvalue weighted by atomic mass is 10.00. The molecule has 29 heavy (non-hydrogen) atoms. The van der Waals surface area contributed by atoms with Gasteiger partial charge in [0.25, 0.3) is 0 Å². The highest BCUT2D eigenvalue weighted by Crippen LogP contribution is 2.25. The van der Waals surface area contributed by atoms with E-state index in [0.717, 1.165) is 16.5 Å². The number of nitrogens with one attached hydrogen (secondary N) is 1. The number of hydrogen-bond donors (Lipinski definition) is 3. The number of benzene rings is 2. The van der Waals surface area contributed by atoms with Crippen LogP contribution in [-0.4, -0.2) is 42.6 Å². The Balaban J connectivity index is 1.70. The van der Waals surface area contributed by atoms with Gasteiger partial charge in [0.1, 0.15) is 24.0 Å². The largest absolute Gasteiger partial charge is 0.491 e. The Morgan fingerprint density at radius 3 is 2.72 bits per heavy atom. The van der Waals surface area contributed by atoms with Gasteiger partial charge in [-0.25, -0.2) is 4.79 Å². The second kappa shape index (κ2) is 10.2. The Hall–Kier alpha value is -2.67. The molecule has 0 aliphatic heterocycles. The maximum atomic E-state index is 12.5. The lowest BCUT2D eigenvalue weighted by Crippen LogP contribution is -2.32. The van der Waals surface area contributed by atoms with Crippen LogP contribution in [0.4, 0.5) is 0 Å². The smallest absolute Gasteiger partial charge is 0.340 e. The van der Waals surface area contributed by atoms with Crippen molar-refractivity contribution in [3.8, 4) is 5.75 Å². The Morgan fingerprint density at radius 1 is 1.17 bits per heavy atom. The molecule has 0 fully saturated rings. The second-order valence-electron chi connectivity index (χ2n) is 7.06. The zero-order valence-corrected chi connectivity index (χ0v) is 16.6. The summed E-state index contributed by atoms with van der Waals surface area (Å²) >= 11 is 0. The summed E-state index contributed by atoms with van der Waals surface area (Å²) in [5.41, 5.74) is 2.74. The molecule has 6 nitrogen and oxygen atoms in total. The lowest BCUT2D eigenvalue weighted by molar-refractivity contribution is 0.106. The van der Waals surface area contributed by atoms with Gasteiger partial charge in [-0.1, -0.05) is 30.3 Å². The highest BCUT2D eigenvalue weighted by molar-refractivity contribution is 5.82. The average Bonchev–Trinajstić information content (AvgIpc) is 2.73. The number of aryl methyl sites for hydroxylation is 1. The molecule has 0 spiro atoms. The van der Waals surface area contributed by atoms with Crippen molar-refractivity contribution in [1.82, 2.24) is 5.32 Å².